The van der Waals surface area contributed by atoms with Gasteiger partial charge in [-0.15, -0.1) is 0 Å². The zero-order chi connectivity index (χ0) is 33.9. The van der Waals surface area contributed by atoms with Crippen LogP contribution in [0.5, 0.6) is 23.0 Å². The van der Waals surface area contributed by atoms with Gasteiger partial charge in [-0.1, -0.05) is 71.7 Å². The van der Waals surface area contributed by atoms with Crippen molar-refractivity contribution in [3.05, 3.63) is 153 Å². The van der Waals surface area contributed by atoms with Crippen LogP contribution in [-0.4, -0.2) is 26.2 Å². The van der Waals surface area contributed by atoms with Crippen molar-refractivity contribution in [2.45, 2.75) is 26.4 Å². The second-order valence-electron chi connectivity index (χ2n) is 10.5. The molecule has 0 N–H and O–H groups in total. The van der Waals surface area contributed by atoms with Crippen molar-refractivity contribution in [1.29, 1.82) is 0 Å². The number of carbonyl (C=O) groups excluding carboxylic acids is 2. The molecule has 10 heteroatoms. The minimum absolute atomic E-state index is 0.0200. The molecule has 0 aliphatic rings. The molecule has 48 heavy (non-hydrogen) atoms. The predicted molar refractivity (Wildman–Crippen MR) is 182 cm³/mol. The lowest BCUT2D eigenvalue weighted by atomic mass is 10.1. The summed E-state index contributed by atoms with van der Waals surface area (Å²) >= 11 is 12.2. The first kappa shape index (κ1) is 34.2. The third-order valence-electron chi connectivity index (χ3n) is 7.08. The van der Waals surface area contributed by atoms with E-state index in [1.54, 1.807) is 18.2 Å². The highest BCUT2D eigenvalue weighted by Crippen LogP contribution is 2.36. The molecule has 246 valence electrons. The lowest BCUT2D eigenvalue weighted by molar-refractivity contribution is 0.0549. The van der Waals surface area contributed by atoms with Gasteiger partial charge in [0.2, 0.25) is 0 Å². The largest absolute Gasteiger partial charge is 0.489 e. The van der Waals surface area contributed by atoms with Crippen molar-refractivity contribution in [3.8, 4) is 23.0 Å². The van der Waals surface area contributed by atoms with Crippen molar-refractivity contribution in [2.75, 3.05) is 14.2 Å². The van der Waals surface area contributed by atoms with Gasteiger partial charge in [-0.2, -0.15) is 0 Å². The van der Waals surface area contributed by atoms with Crippen LogP contribution in [0.2, 0.25) is 10.0 Å². The molecule has 0 atom stereocenters. The topological polar surface area (TPSA) is 89.5 Å². The summed E-state index contributed by atoms with van der Waals surface area (Å²) in [6, 6.07) is 32.6. The minimum atomic E-state index is -0.786. The van der Waals surface area contributed by atoms with E-state index in [2.05, 4.69) is 0 Å². The smallest absolute Gasteiger partial charge is 0.342 e. The van der Waals surface area contributed by atoms with E-state index in [1.165, 1.54) is 20.3 Å². The Labute approximate surface area is 288 Å². The summed E-state index contributed by atoms with van der Waals surface area (Å²) in [7, 11) is 2.45. The maximum Gasteiger partial charge on any atom is 0.342 e. The molecular weight excluding hydrogens is 655 g/mol. The predicted octanol–water partition coefficient (Wildman–Crippen LogP) is 8.88. The third-order valence-corrected chi connectivity index (χ3v) is 7.55. The summed E-state index contributed by atoms with van der Waals surface area (Å²) in [5.41, 5.74) is 3.26. The second kappa shape index (κ2) is 16.6. The third kappa shape index (κ3) is 9.21. The molecule has 0 saturated carbocycles. The van der Waals surface area contributed by atoms with E-state index in [0.717, 1.165) is 22.3 Å². The summed E-state index contributed by atoms with van der Waals surface area (Å²) < 4.78 is 34.3. The summed E-state index contributed by atoms with van der Waals surface area (Å²) in [6.45, 7) is 0.790. The Balaban J connectivity index is 1.35. The average molecular weight is 688 g/mol. The SMILES string of the molecule is COC(=O)c1ccc(OCc2cccc(OCc3cccc(Cl)c3)c2)c(OCc2cccc(OCc3cccc(Cl)c3)c2)c1C(=O)OC. The summed E-state index contributed by atoms with van der Waals surface area (Å²) in [5, 5.41) is 1.26. The summed E-state index contributed by atoms with van der Waals surface area (Å²) in [5.74, 6) is -0.00790. The van der Waals surface area contributed by atoms with Crippen LogP contribution in [0, 0.1) is 0 Å². The van der Waals surface area contributed by atoms with Crippen LogP contribution in [0.1, 0.15) is 43.0 Å². The molecule has 0 aliphatic carbocycles. The first-order valence-electron chi connectivity index (χ1n) is 14.8. The van der Waals surface area contributed by atoms with E-state index in [9.17, 15) is 9.59 Å². The first-order chi connectivity index (χ1) is 23.3. The van der Waals surface area contributed by atoms with Crippen molar-refractivity contribution < 1.29 is 38.0 Å². The van der Waals surface area contributed by atoms with Gasteiger partial charge < -0.3 is 28.4 Å². The molecule has 5 aromatic carbocycles. The maximum absolute atomic E-state index is 13.0. The van der Waals surface area contributed by atoms with E-state index >= 15 is 0 Å². The van der Waals surface area contributed by atoms with Crippen molar-refractivity contribution in [1.82, 2.24) is 0 Å². The molecule has 0 heterocycles. The molecule has 0 spiro atoms. The van der Waals surface area contributed by atoms with Gasteiger partial charge in [0.25, 0.3) is 0 Å². The number of hydrogen-bond donors (Lipinski definition) is 0. The van der Waals surface area contributed by atoms with Gasteiger partial charge in [0.1, 0.15) is 43.5 Å². The number of carbonyl (C=O) groups is 2. The van der Waals surface area contributed by atoms with Gasteiger partial charge in [-0.3, -0.25) is 0 Å². The van der Waals surface area contributed by atoms with Crippen molar-refractivity contribution in [3.63, 3.8) is 0 Å². The van der Waals surface area contributed by atoms with Gasteiger partial charge >= 0.3 is 11.9 Å². The Hall–Kier alpha value is -5.18. The molecule has 0 aromatic heterocycles. The van der Waals surface area contributed by atoms with E-state index in [1.807, 2.05) is 84.9 Å². The zero-order valence-corrected chi connectivity index (χ0v) is 27.8. The Morgan fingerprint density at radius 2 is 0.979 bits per heavy atom. The lowest BCUT2D eigenvalue weighted by Gasteiger charge is -2.18. The van der Waals surface area contributed by atoms with Crippen LogP contribution < -0.4 is 18.9 Å². The molecule has 0 unspecified atom stereocenters. The zero-order valence-electron chi connectivity index (χ0n) is 26.2. The number of hydrogen-bond acceptors (Lipinski definition) is 8. The Bertz CT molecular complexity index is 1890. The second-order valence-corrected chi connectivity index (χ2v) is 11.4. The van der Waals surface area contributed by atoms with Crippen LogP contribution in [0.3, 0.4) is 0 Å². The number of benzene rings is 5. The van der Waals surface area contributed by atoms with Gasteiger partial charge in [0.05, 0.1) is 19.8 Å². The van der Waals surface area contributed by atoms with Crippen molar-refractivity contribution in [2.24, 2.45) is 0 Å². The highest BCUT2D eigenvalue weighted by Gasteiger charge is 2.27. The van der Waals surface area contributed by atoms with Crippen molar-refractivity contribution >= 4 is 35.1 Å². The molecule has 5 rings (SSSR count). The van der Waals surface area contributed by atoms with Crippen LogP contribution in [-0.2, 0) is 35.9 Å². The number of ether oxygens (including phenoxy) is 6. The fraction of sp³-hybridized carbons (Fsp3) is 0.158. The minimum Gasteiger partial charge on any atom is -0.489 e. The first-order valence-corrected chi connectivity index (χ1v) is 15.6. The van der Waals surface area contributed by atoms with Gasteiger partial charge in [-0.05, 0) is 82.9 Å². The molecular formula is C38H32Cl2O8. The number of methoxy groups -OCH3 is 2. The van der Waals surface area contributed by atoms with Crippen LogP contribution in [0.25, 0.3) is 0 Å². The standard InChI is InChI=1S/C38H32Cl2O8/c1-43-37(41)33-15-16-34(47-23-27-9-5-13-31(19-27)45-21-25-7-3-11-29(39)17-25)36(35(33)38(42)44-2)48-24-28-10-6-14-32(20-28)46-22-26-8-4-12-30(40)18-26/h3-20H,21-24H2,1-2H3. The van der Waals surface area contributed by atoms with E-state index in [-0.39, 0.29) is 35.8 Å². The lowest BCUT2D eigenvalue weighted by Crippen LogP contribution is -2.15. The van der Waals surface area contributed by atoms with E-state index in [4.69, 9.17) is 51.6 Å². The molecule has 0 bridgehead atoms. The quantitative estimate of drug-likeness (QED) is 0.107. The normalized spacial score (nSPS) is 10.6. The molecule has 0 fully saturated rings. The number of halogens is 2. The van der Waals surface area contributed by atoms with E-state index < -0.39 is 11.9 Å². The fourth-order valence-corrected chi connectivity index (χ4v) is 5.18. The fourth-order valence-electron chi connectivity index (χ4n) is 4.76. The van der Waals surface area contributed by atoms with Crippen LogP contribution >= 0.6 is 23.2 Å². The Morgan fingerprint density at radius 1 is 0.521 bits per heavy atom. The Kier molecular flexibility index (Phi) is 11.8. The maximum atomic E-state index is 13.0. The van der Waals surface area contributed by atoms with Crippen LogP contribution in [0.15, 0.2) is 109 Å². The average Bonchev–Trinajstić information content (AvgIpc) is 3.11. The van der Waals surface area contributed by atoms with Gasteiger partial charge in [-0.25, -0.2) is 9.59 Å². The van der Waals surface area contributed by atoms with Gasteiger partial charge in [0.15, 0.2) is 11.5 Å². The summed E-state index contributed by atoms with van der Waals surface area (Å²) in [6.07, 6.45) is 0. The van der Waals surface area contributed by atoms with Gasteiger partial charge in [0, 0.05) is 10.0 Å². The van der Waals surface area contributed by atoms with Crippen LogP contribution in [0.4, 0.5) is 0 Å². The monoisotopic (exact) mass is 686 g/mol. The summed E-state index contributed by atoms with van der Waals surface area (Å²) in [4.78, 5) is 25.7. The highest BCUT2D eigenvalue weighted by molar-refractivity contribution is 6.30. The molecule has 0 amide bonds. The van der Waals surface area contributed by atoms with E-state index in [0.29, 0.717) is 34.8 Å². The number of rotatable bonds is 14. The molecule has 0 radical (unpaired) electrons. The number of esters is 2. The Morgan fingerprint density at radius 3 is 1.48 bits per heavy atom. The molecule has 8 nitrogen and oxygen atoms in total. The molecule has 0 saturated heterocycles. The molecule has 0 aliphatic heterocycles. The molecule has 5 aromatic rings. The highest BCUT2D eigenvalue weighted by atomic mass is 35.5.